The van der Waals surface area contributed by atoms with Crippen molar-refractivity contribution in [2.45, 2.75) is 6.92 Å². The summed E-state index contributed by atoms with van der Waals surface area (Å²) < 4.78 is 0. The molecule has 3 heterocycles. The lowest BCUT2D eigenvalue weighted by atomic mass is 10.0. The highest BCUT2D eigenvalue weighted by atomic mass is 32.1. The van der Waals surface area contributed by atoms with E-state index in [9.17, 15) is 0 Å². The highest BCUT2D eigenvalue weighted by Crippen LogP contribution is 2.29. The summed E-state index contributed by atoms with van der Waals surface area (Å²) in [5.74, 6) is 0.655. The molecule has 0 aliphatic carbocycles. The van der Waals surface area contributed by atoms with Crippen LogP contribution in [-0.4, -0.2) is 30.6 Å². The minimum absolute atomic E-state index is 0.655. The zero-order chi connectivity index (χ0) is 18.8. The van der Waals surface area contributed by atoms with Crippen LogP contribution >= 0.6 is 11.3 Å². The number of hydrogen-bond acceptors (Lipinski definition) is 5. The van der Waals surface area contributed by atoms with E-state index in [1.165, 1.54) is 10.6 Å². The van der Waals surface area contributed by atoms with Crippen molar-refractivity contribution in [3.05, 3.63) is 88.2 Å². The third kappa shape index (κ3) is 3.73. The number of aromatic nitrogens is 1. The van der Waals surface area contributed by atoms with Crippen LogP contribution in [0.1, 0.15) is 21.7 Å². The quantitative estimate of drug-likeness (QED) is 0.659. The smallest absolute Gasteiger partial charge is 0.179 e. The molecule has 27 heavy (non-hydrogen) atoms. The van der Waals surface area contributed by atoms with Crippen molar-refractivity contribution in [3.8, 4) is 0 Å². The summed E-state index contributed by atoms with van der Waals surface area (Å²) in [5, 5.41) is 1.21. The molecule has 2 aromatic heterocycles. The number of nitrogens with zero attached hydrogens (tertiary/aromatic N) is 4. The van der Waals surface area contributed by atoms with Crippen LogP contribution in [0.5, 0.6) is 0 Å². The van der Waals surface area contributed by atoms with Gasteiger partial charge in [-0.15, -0.1) is 11.3 Å². The fourth-order valence-electron chi connectivity index (χ4n) is 2.87. The van der Waals surface area contributed by atoms with Crippen LogP contribution in [0.3, 0.4) is 0 Å². The van der Waals surface area contributed by atoms with Gasteiger partial charge in [0.25, 0.3) is 0 Å². The van der Waals surface area contributed by atoms with E-state index in [2.05, 4.69) is 73.4 Å². The molecule has 5 heteroatoms. The van der Waals surface area contributed by atoms with Gasteiger partial charge in [0, 0.05) is 30.7 Å². The lowest BCUT2D eigenvalue weighted by Crippen LogP contribution is -2.05. The van der Waals surface area contributed by atoms with Crippen LogP contribution in [0.2, 0.25) is 0 Å². The summed E-state index contributed by atoms with van der Waals surface area (Å²) in [6, 6.07) is 18.4. The Bertz CT molecular complexity index is 1060. The Kier molecular flexibility index (Phi) is 4.69. The van der Waals surface area contributed by atoms with Gasteiger partial charge in [-0.1, -0.05) is 29.8 Å². The van der Waals surface area contributed by atoms with Gasteiger partial charge in [-0.3, -0.25) is 4.98 Å². The summed E-state index contributed by atoms with van der Waals surface area (Å²) in [5.41, 5.74) is 4.81. The third-order valence-corrected chi connectivity index (χ3v) is 5.40. The molecule has 0 N–H and O–H groups in total. The first-order valence-corrected chi connectivity index (χ1v) is 9.57. The predicted molar refractivity (Wildman–Crippen MR) is 115 cm³/mol. The van der Waals surface area contributed by atoms with Crippen LogP contribution in [0.25, 0.3) is 6.08 Å². The highest BCUT2D eigenvalue weighted by Gasteiger charge is 2.20. The Morgan fingerprint density at radius 3 is 2.56 bits per heavy atom. The predicted octanol–water partition coefficient (Wildman–Crippen LogP) is 4.81. The molecule has 134 valence electrons. The normalized spacial score (nSPS) is 15.0. The second-order valence-corrected chi connectivity index (χ2v) is 7.67. The highest BCUT2D eigenvalue weighted by molar-refractivity contribution is 7.16. The maximum Gasteiger partial charge on any atom is 0.179 e. The molecule has 0 amide bonds. The fourth-order valence-corrected chi connectivity index (χ4v) is 3.73. The molecule has 0 spiro atoms. The maximum absolute atomic E-state index is 4.82. The van der Waals surface area contributed by atoms with Crippen molar-refractivity contribution in [1.82, 2.24) is 4.98 Å². The first kappa shape index (κ1) is 17.4. The van der Waals surface area contributed by atoms with Gasteiger partial charge >= 0.3 is 0 Å². The van der Waals surface area contributed by atoms with Crippen molar-refractivity contribution in [3.63, 3.8) is 0 Å². The number of allylic oxidation sites excluding steroid dienone is 1. The first-order chi connectivity index (χ1) is 13.1. The second kappa shape index (κ2) is 7.29. The topological polar surface area (TPSA) is 40.9 Å². The molecule has 0 atom stereocenters. The summed E-state index contributed by atoms with van der Waals surface area (Å²) >= 11 is 1.73. The standard InChI is InChI=1S/C22H20N4S/c1-15-7-6-8-16(13-15)21-19(14-17-10-11-20(27-17)26(2)3)24-22(25-21)18-9-4-5-12-23-18/h4-14H,1-3H3/b19-14-. The number of hydrogen-bond donors (Lipinski definition) is 0. The Balaban J connectivity index is 1.79. The fraction of sp³-hybridized carbons (Fsp3) is 0.136. The molecule has 1 aliphatic heterocycles. The number of rotatable bonds is 4. The van der Waals surface area contributed by atoms with E-state index in [1.807, 2.05) is 18.2 Å². The van der Waals surface area contributed by atoms with Crippen LogP contribution in [0.4, 0.5) is 5.00 Å². The van der Waals surface area contributed by atoms with E-state index in [0.29, 0.717) is 5.84 Å². The zero-order valence-electron chi connectivity index (χ0n) is 15.5. The molecular formula is C22H20N4S. The van der Waals surface area contributed by atoms with Gasteiger partial charge in [-0.2, -0.15) is 0 Å². The van der Waals surface area contributed by atoms with Gasteiger partial charge in [-0.25, -0.2) is 9.98 Å². The van der Waals surface area contributed by atoms with E-state index in [4.69, 9.17) is 9.98 Å². The van der Waals surface area contributed by atoms with Gasteiger partial charge in [0.2, 0.25) is 0 Å². The van der Waals surface area contributed by atoms with Gasteiger partial charge in [0.1, 0.15) is 5.69 Å². The van der Waals surface area contributed by atoms with Crippen LogP contribution in [0, 0.1) is 6.92 Å². The summed E-state index contributed by atoms with van der Waals surface area (Å²) in [4.78, 5) is 17.3. The molecule has 0 saturated carbocycles. The molecule has 4 nitrogen and oxygen atoms in total. The average Bonchev–Trinajstić information content (AvgIpc) is 3.30. The Labute approximate surface area is 163 Å². The number of amidine groups is 1. The van der Waals surface area contributed by atoms with Crippen molar-refractivity contribution >= 4 is 34.0 Å². The molecule has 1 aliphatic rings. The van der Waals surface area contributed by atoms with Gasteiger partial charge < -0.3 is 4.90 Å². The Morgan fingerprint density at radius 2 is 1.85 bits per heavy atom. The number of aliphatic imine (C=N–C) groups is 2. The van der Waals surface area contributed by atoms with Gasteiger partial charge in [-0.05, 0) is 43.3 Å². The Hall–Kier alpha value is -3.05. The number of thiophene rings is 1. The van der Waals surface area contributed by atoms with E-state index < -0.39 is 0 Å². The van der Waals surface area contributed by atoms with E-state index in [-0.39, 0.29) is 0 Å². The van der Waals surface area contributed by atoms with E-state index in [0.717, 1.165) is 27.5 Å². The largest absolute Gasteiger partial charge is 0.370 e. The molecule has 3 aromatic rings. The number of aryl methyl sites for hydroxylation is 1. The molecule has 0 saturated heterocycles. The molecule has 0 fully saturated rings. The van der Waals surface area contributed by atoms with Crippen LogP contribution < -0.4 is 4.90 Å². The summed E-state index contributed by atoms with van der Waals surface area (Å²) in [7, 11) is 4.10. The van der Waals surface area contributed by atoms with E-state index >= 15 is 0 Å². The summed E-state index contributed by atoms with van der Waals surface area (Å²) in [6.07, 6.45) is 3.87. The van der Waals surface area contributed by atoms with E-state index in [1.54, 1.807) is 17.5 Å². The third-order valence-electron chi connectivity index (χ3n) is 4.20. The van der Waals surface area contributed by atoms with Crippen LogP contribution in [0.15, 0.2) is 76.5 Å². The lowest BCUT2D eigenvalue weighted by molar-refractivity contribution is 1.16. The summed E-state index contributed by atoms with van der Waals surface area (Å²) in [6.45, 7) is 2.09. The molecule has 1 aromatic carbocycles. The van der Waals surface area contributed by atoms with Crippen molar-refractivity contribution in [2.24, 2.45) is 9.98 Å². The molecule has 0 radical (unpaired) electrons. The van der Waals surface area contributed by atoms with Crippen molar-refractivity contribution < 1.29 is 0 Å². The number of pyridine rings is 1. The Morgan fingerprint density at radius 1 is 0.963 bits per heavy atom. The van der Waals surface area contributed by atoms with Crippen molar-refractivity contribution in [2.75, 3.05) is 19.0 Å². The SMILES string of the molecule is Cc1cccc(C2=NC(c3ccccn3)=N/C2=C\c2ccc(N(C)C)s2)c1. The average molecular weight is 372 g/mol. The zero-order valence-corrected chi connectivity index (χ0v) is 16.4. The van der Waals surface area contributed by atoms with Crippen molar-refractivity contribution in [1.29, 1.82) is 0 Å². The monoisotopic (exact) mass is 372 g/mol. The second-order valence-electron chi connectivity index (χ2n) is 6.58. The molecule has 0 bridgehead atoms. The van der Waals surface area contributed by atoms with Crippen LogP contribution in [-0.2, 0) is 0 Å². The minimum atomic E-state index is 0.655. The molecular weight excluding hydrogens is 352 g/mol. The minimum Gasteiger partial charge on any atom is -0.370 e. The number of anilines is 1. The molecule has 0 unspecified atom stereocenters. The molecule has 4 rings (SSSR count). The lowest BCUT2D eigenvalue weighted by Gasteiger charge is -2.07. The van der Waals surface area contributed by atoms with Gasteiger partial charge in [0.05, 0.1) is 16.4 Å². The van der Waals surface area contributed by atoms with Gasteiger partial charge in [0.15, 0.2) is 5.84 Å². The number of benzene rings is 1. The first-order valence-electron chi connectivity index (χ1n) is 8.75. The maximum atomic E-state index is 4.82.